The molecule has 0 radical (unpaired) electrons. The molecule has 2 saturated heterocycles. The Morgan fingerprint density at radius 2 is 1.25 bits per heavy atom. The SMILES string of the molecule is O=c1c(O[C@@H]2O[C@H](CO)[C@@H](O)[C@H](O)[C@H]2O)c(-c2ccc(O)c(O)c2)oc2cc(O)cc(OC3O[C@H](CO)[C@@H](O)[C@H](O)[C@H]3O)c12. The van der Waals surface area contributed by atoms with Crippen molar-refractivity contribution in [3.05, 3.63) is 40.6 Å². The molecule has 0 amide bonds. The number of aliphatic hydroxyl groups is 8. The van der Waals surface area contributed by atoms with Crippen LogP contribution < -0.4 is 14.9 Å². The lowest BCUT2D eigenvalue weighted by atomic mass is 9.99. The molecular formula is C27H30O17. The van der Waals surface area contributed by atoms with Gasteiger partial charge in [-0.15, -0.1) is 0 Å². The fourth-order valence-electron chi connectivity index (χ4n) is 4.88. The van der Waals surface area contributed by atoms with Crippen LogP contribution in [0.15, 0.2) is 39.5 Å². The van der Waals surface area contributed by atoms with Gasteiger partial charge in [-0.25, -0.2) is 0 Å². The van der Waals surface area contributed by atoms with Gasteiger partial charge in [0.15, 0.2) is 17.3 Å². The second kappa shape index (κ2) is 12.3. The molecule has 1 aromatic heterocycles. The third-order valence-corrected chi connectivity index (χ3v) is 7.31. The minimum atomic E-state index is -1.96. The van der Waals surface area contributed by atoms with Gasteiger partial charge in [0.05, 0.1) is 13.2 Å². The highest BCUT2D eigenvalue weighted by Gasteiger charge is 2.46. The minimum absolute atomic E-state index is 0.0707. The highest BCUT2D eigenvalue weighted by atomic mass is 16.7. The van der Waals surface area contributed by atoms with E-state index in [1.165, 1.54) is 6.07 Å². The van der Waals surface area contributed by atoms with Crippen LogP contribution in [0.25, 0.3) is 22.3 Å². The van der Waals surface area contributed by atoms with Gasteiger partial charge in [-0.2, -0.15) is 0 Å². The zero-order chi connectivity index (χ0) is 32.0. The van der Waals surface area contributed by atoms with Gasteiger partial charge < -0.3 is 79.5 Å². The largest absolute Gasteiger partial charge is 0.508 e. The second-order valence-electron chi connectivity index (χ2n) is 10.2. The number of aliphatic hydroxyl groups excluding tert-OH is 8. The topological polar surface area (TPSA) is 290 Å². The highest BCUT2D eigenvalue weighted by molar-refractivity contribution is 5.88. The Morgan fingerprint density at radius 3 is 1.80 bits per heavy atom. The van der Waals surface area contributed by atoms with E-state index in [-0.39, 0.29) is 11.1 Å². The molecule has 3 heterocycles. The van der Waals surface area contributed by atoms with E-state index >= 15 is 0 Å². The van der Waals surface area contributed by atoms with Crippen molar-refractivity contribution >= 4 is 11.0 Å². The van der Waals surface area contributed by atoms with Crippen LogP contribution in [0.4, 0.5) is 0 Å². The number of ether oxygens (including phenoxy) is 4. The molecule has 17 nitrogen and oxygen atoms in total. The summed E-state index contributed by atoms with van der Waals surface area (Å²) in [6.07, 6.45) is -17.5. The predicted molar refractivity (Wildman–Crippen MR) is 142 cm³/mol. The Hall–Kier alpha value is -3.75. The van der Waals surface area contributed by atoms with Crippen molar-refractivity contribution in [1.29, 1.82) is 0 Å². The second-order valence-corrected chi connectivity index (χ2v) is 10.2. The summed E-state index contributed by atoms with van der Waals surface area (Å²) in [5.74, 6) is -3.37. The number of hydrogen-bond donors (Lipinski definition) is 11. The van der Waals surface area contributed by atoms with Gasteiger partial charge in [-0.1, -0.05) is 0 Å². The maximum atomic E-state index is 14.1. The summed E-state index contributed by atoms with van der Waals surface area (Å²) in [5, 5.41) is 110. The average molecular weight is 627 g/mol. The molecule has 5 rings (SSSR count). The van der Waals surface area contributed by atoms with Crippen LogP contribution in [-0.2, 0) is 9.47 Å². The van der Waals surface area contributed by atoms with Crippen molar-refractivity contribution in [2.75, 3.05) is 13.2 Å². The van der Waals surface area contributed by atoms with Gasteiger partial charge in [-0.05, 0) is 18.2 Å². The van der Waals surface area contributed by atoms with Gasteiger partial charge >= 0.3 is 0 Å². The lowest BCUT2D eigenvalue weighted by Gasteiger charge is -2.39. The normalized spacial score (nSPS) is 32.5. The fourth-order valence-corrected chi connectivity index (χ4v) is 4.88. The Balaban J connectivity index is 1.66. The molecule has 10 atom stereocenters. The van der Waals surface area contributed by atoms with Crippen molar-refractivity contribution in [3.8, 4) is 40.1 Å². The third kappa shape index (κ3) is 5.61. The maximum absolute atomic E-state index is 14.1. The van der Waals surface area contributed by atoms with E-state index in [9.17, 15) is 61.0 Å². The quantitative estimate of drug-likeness (QED) is 0.116. The average Bonchev–Trinajstić information content (AvgIpc) is 2.99. The molecule has 2 aliphatic heterocycles. The summed E-state index contributed by atoms with van der Waals surface area (Å²) in [5.41, 5.74) is -1.51. The van der Waals surface area contributed by atoms with E-state index in [1.54, 1.807) is 0 Å². The Labute approximate surface area is 246 Å². The predicted octanol–water partition coefficient (Wildman–Crippen LogP) is -3.07. The molecule has 3 aromatic rings. The number of fused-ring (bicyclic) bond motifs is 1. The Kier molecular flexibility index (Phi) is 8.87. The summed E-state index contributed by atoms with van der Waals surface area (Å²) < 4.78 is 27.8. The lowest BCUT2D eigenvalue weighted by molar-refractivity contribution is -0.277. The van der Waals surface area contributed by atoms with Crippen molar-refractivity contribution in [1.82, 2.24) is 0 Å². The fraction of sp³-hybridized carbons (Fsp3) is 0.444. The molecule has 17 heteroatoms. The first-order valence-electron chi connectivity index (χ1n) is 13.2. The Morgan fingerprint density at radius 1 is 0.682 bits per heavy atom. The van der Waals surface area contributed by atoms with E-state index in [4.69, 9.17) is 23.4 Å². The van der Waals surface area contributed by atoms with Crippen molar-refractivity contribution < 1.29 is 79.5 Å². The van der Waals surface area contributed by atoms with E-state index < -0.39 is 120 Å². The Bertz CT molecular complexity index is 1550. The molecule has 0 aliphatic carbocycles. The van der Waals surface area contributed by atoms with Gasteiger partial charge in [0.25, 0.3) is 0 Å². The third-order valence-electron chi connectivity index (χ3n) is 7.31. The first kappa shape index (κ1) is 31.7. The van der Waals surface area contributed by atoms with Gasteiger partial charge in [0.1, 0.15) is 71.3 Å². The number of aromatic hydroxyl groups is 3. The van der Waals surface area contributed by atoms with Gasteiger partial charge in [0, 0.05) is 17.7 Å². The molecule has 2 aromatic carbocycles. The number of phenolic OH excluding ortho intramolecular Hbond substituents is 3. The highest BCUT2D eigenvalue weighted by Crippen LogP contribution is 2.40. The van der Waals surface area contributed by atoms with Crippen LogP contribution in [0.3, 0.4) is 0 Å². The molecule has 2 fully saturated rings. The monoisotopic (exact) mass is 626 g/mol. The van der Waals surface area contributed by atoms with Crippen LogP contribution >= 0.6 is 0 Å². The van der Waals surface area contributed by atoms with Crippen LogP contribution in [0, 0.1) is 0 Å². The van der Waals surface area contributed by atoms with E-state index in [2.05, 4.69) is 0 Å². The summed E-state index contributed by atoms with van der Waals surface area (Å²) in [4.78, 5) is 14.1. The van der Waals surface area contributed by atoms with Crippen molar-refractivity contribution in [3.63, 3.8) is 0 Å². The number of hydrogen-bond acceptors (Lipinski definition) is 17. The first-order valence-corrected chi connectivity index (χ1v) is 13.2. The number of rotatable bonds is 7. The zero-order valence-corrected chi connectivity index (χ0v) is 22.4. The van der Waals surface area contributed by atoms with Crippen molar-refractivity contribution in [2.45, 2.75) is 61.4 Å². The van der Waals surface area contributed by atoms with Gasteiger partial charge in [0.2, 0.25) is 23.8 Å². The molecule has 2 aliphatic rings. The van der Waals surface area contributed by atoms with Gasteiger partial charge in [-0.3, -0.25) is 4.79 Å². The molecule has 1 unspecified atom stereocenters. The molecule has 240 valence electrons. The van der Waals surface area contributed by atoms with E-state index in [0.29, 0.717) is 0 Å². The number of benzene rings is 2. The van der Waals surface area contributed by atoms with Crippen LogP contribution in [0.2, 0.25) is 0 Å². The first-order chi connectivity index (χ1) is 20.9. The molecular weight excluding hydrogens is 596 g/mol. The van der Waals surface area contributed by atoms with E-state index in [0.717, 1.165) is 24.3 Å². The van der Waals surface area contributed by atoms with Crippen LogP contribution in [0.1, 0.15) is 0 Å². The minimum Gasteiger partial charge on any atom is -0.508 e. The summed E-state index contributed by atoms with van der Waals surface area (Å²) >= 11 is 0. The molecule has 44 heavy (non-hydrogen) atoms. The molecule has 0 bridgehead atoms. The summed E-state index contributed by atoms with van der Waals surface area (Å²) in [6, 6.07) is 5.19. The van der Waals surface area contributed by atoms with Crippen LogP contribution in [-0.4, -0.2) is 131 Å². The molecule has 0 saturated carbocycles. The smallest absolute Gasteiger partial charge is 0.239 e. The maximum Gasteiger partial charge on any atom is 0.239 e. The van der Waals surface area contributed by atoms with Crippen molar-refractivity contribution in [2.24, 2.45) is 0 Å². The lowest BCUT2D eigenvalue weighted by Crippen LogP contribution is -2.60. The molecule has 0 spiro atoms. The standard InChI is InChI=1S/C27H30O17/c28-6-14-17(33)20(36)22(38)26(42-14)41-13-5-9(30)4-12-16(13)19(35)25(24(40-12)8-1-2-10(31)11(32)3-8)44-27-23(39)21(37)18(34)15(7-29)43-27/h1-5,14-15,17-18,20-23,26-34,36-39H,6-7H2/t14-,15-,17-,18-,20+,21+,22-,23-,26?,27+/m1/s1. The van der Waals surface area contributed by atoms with Crippen LogP contribution in [0.5, 0.6) is 28.7 Å². The molecule has 11 N–H and O–H groups in total. The van der Waals surface area contributed by atoms with E-state index in [1.807, 2.05) is 0 Å². The summed E-state index contributed by atoms with van der Waals surface area (Å²) in [6.45, 7) is -1.60. The number of phenols is 3. The zero-order valence-electron chi connectivity index (χ0n) is 22.4. The summed E-state index contributed by atoms with van der Waals surface area (Å²) in [7, 11) is 0.